The van der Waals surface area contributed by atoms with Gasteiger partial charge in [-0.05, 0) is 130 Å². The predicted octanol–water partition coefficient (Wildman–Crippen LogP) is 7.21. The number of carboxylic acids is 1. The molecule has 1 unspecified atom stereocenters. The summed E-state index contributed by atoms with van der Waals surface area (Å²) in [5, 5.41) is 13.8. The summed E-state index contributed by atoms with van der Waals surface area (Å²) in [6.07, 6.45) is 11.6. The summed E-state index contributed by atoms with van der Waals surface area (Å²) in [5.74, 6) is 3.09. The summed E-state index contributed by atoms with van der Waals surface area (Å²) in [4.78, 5) is 27.2. The molecule has 0 radical (unpaired) electrons. The quantitative estimate of drug-likeness (QED) is 0.241. The van der Waals surface area contributed by atoms with Crippen molar-refractivity contribution >= 4 is 21.8 Å². The van der Waals surface area contributed by atoms with E-state index in [0.717, 1.165) is 38.3 Å². The van der Waals surface area contributed by atoms with Gasteiger partial charge in [0.05, 0.1) is 23.3 Å². The summed E-state index contributed by atoms with van der Waals surface area (Å²) in [6, 6.07) is 0. The van der Waals surface area contributed by atoms with Crippen LogP contribution >= 0.6 is 0 Å². The van der Waals surface area contributed by atoms with Crippen molar-refractivity contribution < 1.29 is 27.9 Å². The maximum atomic E-state index is 13.1. The van der Waals surface area contributed by atoms with Gasteiger partial charge in [-0.15, -0.1) is 0 Å². The summed E-state index contributed by atoms with van der Waals surface area (Å²) in [7, 11) is -2.86. The van der Waals surface area contributed by atoms with Gasteiger partial charge in [0.15, 0.2) is 9.84 Å². The summed E-state index contributed by atoms with van der Waals surface area (Å²) in [5.41, 5.74) is -0.422. The Morgan fingerprint density at radius 1 is 0.880 bits per heavy atom. The second kappa shape index (κ2) is 13.0. The van der Waals surface area contributed by atoms with E-state index in [1.807, 2.05) is 0 Å². The topological polar surface area (TPSA) is 113 Å². The molecule has 5 saturated carbocycles. The molecule has 2 N–H and O–H groups in total. The second-order valence-corrected chi connectivity index (χ2v) is 22.7. The molecule has 0 spiro atoms. The molecule has 5 aliphatic carbocycles. The third kappa shape index (κ3) is 6.21. The molecule has 1 aliphatic heterocycles. The van der Waals surface area contributed by atoms with Crippen molar-refractivity contribution in [3.05, 3.63) is 0 Å². The van der Waals surface area contributed by atoms with Crippen LogP contribution in [0.2, 0.25) is 0 Å². The first kappa shape index (κ1) is 38.5. The van der Waals surface area contributed by atoms with E-state index in [0.29, 0.717) is 54.2 Å². The number of hydrogen-bond acceptors (Lipinski definition) is 7. The molecule has 0 amide bonds. The molecule has 10 atom stereocenters. The Balaban J connectivity index is 1.20. The maximum absolute atomic E-state index is 13.1. The molecular formula is C41H70N2O6S. The fraction of sp³-hybridized carbons (Fsp3) is 0.951. The molecule has 50 heavy (non-hydrogen) atoms. The Morgan fingerprint density at radius 2 is 1.56 bits per heavy atom. The normalized spacial score (nSPS) is 44.0. The Labute approximate surface area is 303 Å². The Hall–Kier alpha value is -1.19. The van der Waals surface area contributed by atoms with Crippen molar-refractivity contribution in [1.29, 1.82) is 0 Å². The summed E-state index contributed by atoms with van der Waals surface area (Å²) >= 11 is 0. The van der Waals surface area contributed by atoms with Crippen LogP contribution in [0.1, 0.15) is 133 Å². The Morgan fingerprint density at radius 3 is 2.20 bits per heavy atom. The molecule has 6 aliphatic rings. The Bertz CT molecular complexity index is 1410. The fourth-order valence-electron chi connectivity index (χ4n) is 14.0. The number of carbonyl (C=O) groups is 2. The second-order valence-electron chi connectivity index (χ2n) is 20.4. The highest BCUT2D eigenvalue weighted by molar-refractivity contribution is 7.91. The van der Waals surface area contributed by atoms with E-state index in [1.54, 1.807) is 13.8 Å². The van der Waals surface area contributed by atoms with Crippen molar-refractivity contribution in [1.82, 2.24) is 10.2 Å². The minimum atomic E-state index is -2.86. The zero-order chi connectivity index (χ0) is 36.7. The van der Waals surface area contributed by atoms with Gasteiger partial charge in [-0.1, -0.05) is 48.5 Å². The molecule has 6 rings (SSSR count). The number of esters is 1. The monoisotopic (exact) mass is 718 g/mol. The SMILES string of the molecule is CC(C)[C@@H]1CCC2(NCCN3CCS(=O)(=O)CC3)CC[C@]3(C)[C@H](CC[C@@H]4[C@@]5(C)CC[C@H](OC(=O)CC(C)(C)C(=O)O)C(C)(C)[C@@H]5CC[C@]43C)[C@@H]12. The van der Waals surface area contributed by atoms with Gasteiger partial charge < -0.3 is 20.1 Å². The number of hydrogen-bond donors (Lipinski definition) is 2. The number of fused-ring (bicyclic) bond motifs is 7. The van der Waals surface area contributed by atoms with Crippen molar-refractivity contribution in [3.63, 3.8) is 0 Å². The number of nitrogens with zero attached hydrogens (tertiary/aromatic N) is 1. The van der Waals surface area contributed by atoms with E-state index in [9.17, 15) is 23.1 Å². The van der Waals surface area contributed by atoms with Crippen molar-refractivity contribution in [2.24, 2.45) is 62.6 Å². The lowest BCUT2D eigenvalue weighted by molar-refractivity contribution is -0.247. The summed E-state index contributed by atoms with van der Waals surface area (Å²) in [6.45, 7) is 23.9. The van der Waals surface area contributed by atoms with Crippen LogP contribution < -0.4 is 5.32 Å². The first-order chi connectivity index (χ1) is 23.1. The fourth-order valence-corrected chi connectivity index (χ4v) is 15.2. The van der Waals surface area contributed by atoms with Crippen LogP contribution in [0.3, 0.4) is 0 Å². The molecule has 286 valence electrons. The molecule has 8 nitrogen and oxygen atoms in total. The van der Waals surface area contributed by atoms with Crippen molar-refractivity contribution in [3.8, 4) is 0 Å². The van der Waals surface area contributed by atoms with Gasteiger partial charge >= 0.3 is 11.9 Å². The van der Waals surface area contributed by atoms with Crippen LogP contribution in [0.15, 0.2) is 0 Å². The van der Waals surface area contributed by atoms with E-state index in [1.165, 1.54) is 44.9 Å². The lowest BCUT2D eigenvalue weighted by atomic mass is 9.32. The molecule has 9 heteroatoms. The minimum absolute atomic E-state index is 0.102. The standard InChI is InChI=1S/C41H70N2O6S/c1-27(2)28-12-17-41(42-20-21-43-22-24-50(47,48)25-23-43)19-18-39(8)29(34(28)41)10-11-31-38(7)15-14-32(49-33(44)26-36(3,4)35(45)46)37(5,6)30(38)13-16-40(31,39)9/h27-32,34,42H,10-26H2,1-9H3,(H,45,46)/t28-,29+,30-,31+,32-,34+,38-,39+,40+,41?/m0/s1. The third-order valence-electron chi connectivity index (χ3n) is 17.1. The van der Waals surface area contributed by atoms with Crippen molar-refractivity contribution in [2.45, 2.75) is 145 Å². The van der Waals surface area contributed by atoms with Gasteiger partial charge in [0.25, 0.3) is 0 Å². The van der Waals surface area contributed by atoms with Gasteiger partial charge in [-0.25, -0.2) is 8.42 Å². The van der Waals surface area contributed by atoms with Crippen LogP contribution in [0.25, 0.3) is 0 Å². The smallest absolute Gasteiger partial charge is 0.309 e. The van der Waals surface area contributed by atoms with E-state index < -0.39 is 21.2 Å². The highest BCUT2D eigenvalue weighted by atomic mass is 32.2. The summed E-state index contributed by atoms with van der Waals surface area (Å²) < 4.78 is 30.2. The average Bonchev–Trinajstić information content (AvgIpc) is 3.39. The zero-order valence-corrected chi connectivity index (χ0v) is 33.7. The first-order valence-corrected chi connectivity index (χ1v) is 22.0. The van der Waals surface area contributed by atoms with E-state index in [2.05, 4.69) is 58.7 Å². The number of carbonyl (C=O) groups excluding carboxylic acids is 1. The van der Waals surface area contributed by atoms with E-state index in [-0.39, 0.29) is 45.7 Å². The molecule has 0 aromatic rings. The van der Waals surface area contributed by atoms with Crippen LogP contribution in [-0.4, -0.2) is 79.7 Å². The van der Waals surface area contributed by atoms with Crippen LogP contribution in [0.5, 0.6) is 0 Å². The average molecular weight is 719 g/mol. The van der Waals surface area contributed by atoms with E-state index >= 15 is 0 Å². The minimum Gasteiger partial charge on any atom is -0.481 e. The molecule has 1 saturated heterocycles. The number of ether oxygens (including phenoxy) is 1. The van der Waals surface area contributed by atoms with Gasteiger partial charge in [-0.3, -0.25) is 9.59 Å². The van der Waals surface area contributed by atoms with Gasteiger partial charge in [-0.2, -0.15) is 0 Å². The number of sulfone groups is 1. The Kier molecular flexibility index (Phi) is 10.0. The number of nitrogens with one attached hydrogen (secondary N) is 1. The zero-order valence-electron chi connectivity index (χ0n) is 32.9. The van der Waals surface area contributed by atoms with Crippen LogP contribution in [0.4, 0.5) is 0 Å². The number of rotatable bonds is 9. The maximum Gasteiger partial charge on any atom is 0.309 e. The molecular weight excluding hydrogens is 649 g/mol. The lowest BCUT2D eigenvalue weighted by Gasteiger charge is -2.73. The van der Waals surface area contributed by atoms with Gasteiger partial charge in [0, 0.05) is 37.1 Å². The highest BCUT2D eigenvalue weighted by Crippen LogP contribution is 2.76. The molecule has 6 fully saturated rings. The molecule has 0 aromatic heterocycles. The van der Waals surface area contributed by atoms with Crippen molar-refractivity contribution in [2.75, 3.05) is 37.7 Å². The molecule has 1 heterocycles. The number of aliphatic carboxylic acids is 1. The van der Waals surface area contributed by atoms with Gasteiger partial charge in [0.1, 0.15) is 6.10 Å². The molecule has 0 aromatic carbocycles. The van der Waals surface area contributed by atoms with Gasteiger partial charge in [0.2, 0.25) is 0 Å². The lowest BCUT2D eigenvalue weighted by Crippen LogP contribution is -2.69. The third-order valence-corrected chi connectivity index (χ3v) is 18.7. The van der Waals surface area contributed by atoms with E-state index in [4.69, 9.17) is 4.74 Å². The number of carboxylic acid groups (broad SMARTS) is 1. The predicted molar refractivity (Wildman–Crippen MR) is 198 cm³/mol. The molecule has 0 bridgehead atoms. The first-order valence-electron chi connectivity index (χ1n) is 20.2. The van der Waals surface area contributed by atoms with Crippen LogP contribution in [-0.2, 0) is 24.2 Å². The van der Waals surface area contributed by atoms with Crippen LogP contribution in [0, 0.1) is 62.6 Å². The largest absolute Gasteiger partial charge is 0.481 e. The highest BCUT2D eigenvalue weighted by Gasteiger charge is 2.71.